The van der Waals surface area contributed by atoms with Crippen molar-refractivity contribution in [3.63, 3.8) is 0 Å². The zero-order valence-electron chi connectivity index (χ0n) is 10.1. The maximum Gasteiger partial charge on any atom is 0.318 e. The smallest absolute Gasteiger partial charge is 0.219 e. The van der Waals surface area contributed by atoms with Crippen LogP contribution in [0, 0.1) is 11.8 Å². The maximum absolute atomic E-state index is 13.7. The summed E-state index contributed by atoms with van der Waals surface area (Å²) in [6.45, 7) is 0. The second kappa shape index (κ2) is 4.29. The van der Waals surface area contributed by atoms with Crippen molar-refractivity contribution in [2.45, 2.75) is 46.8 Å². The minimum Gasteiger partial charge on any atom is -0.219 e. The van der Waals surface area contributed by atoms with Crippen molar-refractivity contribution in [2.75, 3.05) is 0 Å². The fourth-order valence-electron chi connectivity index (χ4n) is 2.47. The van der Waals surface area contributed by atoms with Crippen molar-refractivity contribution < 1.29 is 43.9 Å². The van der Waals surface area contributed by atoms with Gasteiger partial charge in [-0.2, -0.15) is 17.6 Å². The molecule has 22 heavy (non-hydrogen) atoms. The lowest BCUT2D eigenvalue weighted by Crippen LogP contribution is -2.73. The van der Waals surface area contributed by atoms with E-state index in [9.17, 15) is 43.9 Å². The second-order valence-corrected chi connectivity index (χ2v) is 6.51. The summed E-state index contributed by atoms with van der Waals surface area (Å²) in [5.41, 5.74) is 0. The van der Waals surface area contributed by atoms with E-state index in [1.54, 1.807) is 0 Å². The van der Waals surface area contributed by atoms with E-state index in [4.69, 9.17) is 0 Å². The Labute approximate surface area is 126 Å². The Bertz CT molecular complexity index is 442. The van der Waals surface area contributed by atoms with Gasteiger partial charge in [0.15, 0.2) is 0 Å². The number of alkyl halides is 12. The quantitative estimate of drug-likeness (QED) is 0.451. The molecule has 0 amide bonds. The highest BCUT2D eigenvalue weighted by molar-refractivity contribution is 6.25. The van der Waals surface area contributed by atoms with Crippen LogP contribution < -0.4 is 0 Å². The molecule has 0 nitrogen and oxygen atoms in total. The number of halogens is 12. The van der Waals surface area contributed by atoms with E-state index >= 15 is 0 Å². The van der Waals surface area contributed by atoms with Gasteiger partial charge in [-0.3, -0.25) is 0 Å². The predicted octanol–water partition coefficient (Wildman–Crippen LogP) is 5.38. The second-order valence-electron chi connectivity index (χ2n) is 5.41. The van der Waals surface area contributed by atoms with Crippen LogP contribution >= 0.6 is 23.2 Å². The molecule has 0 aliphatic heterocycles. The van der Waals surface area contributed by atoms with Gasteiger partial charge in [-0.15, -0.1) is 0 Å². The van der Waals surface area contributed by atoms with Crippen molar-refractivity contribution in [3.05, 3.63) is 0 Å². The highest BCUT2D eigenvalue weighted by Crippen LogP contribution is 2.69. The van der Waals surface area contributed by atoms with Crippen LogP contribution in [0.3, 0.4) is 0 Å². The van der Waals surface area contributed by atoms with Crippen molar-refractivity contribution in [3.8, 4) is 0 Å². The molecule has 0 spiro atoms. The zero-order valence-corrected chi connectivity index (χ0v) is 11.6. The van der Waals surface area contributed by atoms with Crippen LogP contribution in [0.2, 0.25) is 0 Å². The molecule has 0 bridgehead atoms. The van der Waals surface area contributed by atoms with Gasteiger partial charge in [0.25, 0.3) is 22.1 Å². The molecule has 4 unspecified atom stereocenters. The van der Waals surface area contributed by atoms with E-state index in [0.29, 0.717) is 0 Å². The number of hydrogen-bond donors (Lipinski definition) is 0. The molecule has 0 aromatic carbocycles. The maximum atomic E-state index is 13.7. The molecule has 12 heteroatoms. The lowest BCUT2D eigenvalue weighted by Gasteiger charge is -2.54. The average Bonchev–Trinajstić information content (AvgIpc) is 2.32. The minimum absolute atomic E-state index is 2.04. The summed E-state index contributed by atoms with van der Waals surface area (Å²) in [7, 11) is 0. The van der Waals surface area contributed by atoms with Crippen LogP contribution in [0.25, 0.3) is 0 Å². The summed E-state index contributed by atoms with van der Waals surface area (Å²) in [4.78, 5) is 0. The van der Waals surface area contributed by atoms with Crippen LogP contribution in [0.5, 0.6) is 0 Å². The first-order chi connectivity index (χ1) is 9.43. The lowest BCUT2D eigenvalue weighted by molar-refractivity contribution is -0.365. The topological polar surface area (TPSA) is 0 Å². The largest absolute Gasteiger partial charge is 0.318 e. The number of rotatable bonds is 3. The van der Waals surface area contributed by atoms with Gasteiger partial charge < -0.3 is 0 Å². The summed E-state index contributed by atoms with van der Waals surface area (Å²) in [5.74, 6) is -27.0. The molecule has 4 atom stereocenters. The first kappa shape index (κ1) is 18.2. The zero-order chi connectivity index (χ0) is 17.6. The molecule has 2 rings (SSSR count). The summed E-state index contributed by atoms with van der Waals surface area (Å²) < 4.78 is 132. The Morgan fingerprint density at radius 3 is 1.00 bits per heavy atom. The predicted molar refractivity (Wildman–Crippen MR) is 55.4 cm³/mol. The van der Waals surface area contributed by atoms with Crippen LogP contribution in [-0.2, 0) is 0 Å². The van der Waals surface area contributed by atoms with Crippen molar-refractivity contribution in [1.82, 2.24) is 0 Å². The van der Waals surface area contributed by atoms with Crippen LogP contribution in [0.4, 0.5) is 43.9 Å². The Morgan fingerprint density at radius 2 is 0.864 bits per heavy atom. The van der Waals surface area contributed by atoms with Gasteiger partial charge in [0.1, 0.15) is 0 Å². The molecular formula is C10H6Cl2F10. The first-order valence-corrected chi connectivity index (χ1v) is 6.45. The van der Waals surface area contributed by atoms with E-state index in [1.807, 2.05) is 0 Å². The molecule has 0 radical (unpaired) electrons. The Hall–Kier alpha value is -0.120. The van der Waals surface area contributed by atoms with Gasteiger partial charge in [-0.1, -0.05) is 23.2 Å². The van der Waals surface area contributed by atoms with Gasteiger partial charge in [-0.25, -0.2) is 26.3 Å². The summed E-state index contributed by atoms with van der Waals surface area (Å²) >= 11 is 9.08. The number of hydrogen-bond acceptors (Lipinski definition) is 0. The molecule has 2 aliphatic rings. The van der Waals surface area contributed by atoms with E-state index in [0.717, 1.165) is 0 Å². The summed E-state index contributed by atoms with van der Waals surface area (Å²) in [6.07, 6.45) is -4.08. The van der Waals surface area contributed by atoms with E-state index < -0.39 is 58.6 Å². The molecule has 0 heterocycles. The van der Waals surface area contributed by atoms with E-state index in [1.165, 1.54) is 0 Å². The highest BCUT2D eigenvalue weighted by atomic mass is 35.5. The fraction of sp³-hybridized carbons (Fsp3) is 1.00. The molecule has 130 valence electrons. The molecule has 0 aromatic rings. The average molecular weight is 387 g/mol. The standard InChI is InChI=1S/C10H6Cl2F10/c11-7(17)3(1-5(7,13)14)9(19,20)10(21,22)4-2-6(15,16)8(4,12)18/h3-4H,1-2H2. The molecule has 2 aliphatic carbocycles. The molecule has 0 N–H and O–H groups in total. The third-order valence-electron chi connectivity index (χ3n) is 4.09. The Morgan fingerprint density at radius 1 is 0.636 bits per heavy atom. The molecule has 0 aromatic heterocycles. The van der Waals surface area contributed by atoms with Gasteiger partial charge in [0.05, 0.1) is 11.8 Å². The van der Waals surface area contributed by atoms with E-state index in [-0.39, 0.29) is 0 Å². The van der Waals surface area contributed by atoms with Crippen molar-refractivity contribution in [2.24, 2.45) is 11.8 Å². The fourth-order valence-corrected chi connectivity index (χ4v) is 3.05. The van der Waals surface area contributed by atoms with Gasteiger partial charge in [0.2, 0.25) is 0 Å². The molecule has 0 saturated heterocycles. The Kier molecular flexibility index (Phi) is 3.55. The minimum atomic E-state index is -5.60. The van der Waals surface area contributed by atoms with Gasteiger partial charge in [0, 0.05) is 12.8 Å². The van der Waals surface area contributed by atoms with Crippen LogP contribution in [-0.4, -0.2) is 33.9 Å². The monoisotopic (exact) mass is 386 g/mol. The SMILES string of the molecule is FC1(F)CC(C(F)(F)C(F)(F)C2CC(F)(F)C2(F)Cl)C1(F)Cl. The normalized spacial score (nSPS) is 44.2. The van der Waals surface area contributed by atoms with Gasteiger partial charge in [-0.05, 0) is 0 Å². The molecule has 2 saturated carbocycles. The van der Waals surface area contributed by atoms with Crippen LogP contribution in [0.1, 0.15) is 12.8 Å². The van der Waals surface area contributed by atoms with E-state index in [2.05, 4.69) is 23.2 Å². The first-order valence-electron chi connectivity index (χ1n) is 5.70. The third kappa shape index (κ3) is 1.91. The summed E-state index contributed by atoms with van der Waals surface area (Å²) in [6, 6.07) is 0. The third-order valence-corrected chi connectivity index (χ3v) is 5.17. The van der Waals surface area contributed by atoms with Crippen molar-refractivity contribution >= 4 is 23.2 Å². The lowest BCUT2D eigenvalue weighted by atomic mass is 9.66. The Balaban J connectivity index is 2.31. The highest BCUT2D eigenvalue weighted by Gasteiger charge is 2.86. The molecular weight excluding hydrogens is 381 g/mol. The summed E-state index contributed by atoms with van der Waals surface area (Å²) in [5, 5.41) is -9.00. The van der Waals surface area contributed by atoms with Crippen LogP contribution in [0.15, 0.2) is 0 Å². The molecule has 2 fully saturated rings. The van der Waals surface area contributed by atoms with Gasteiger partial charge >= 0.3 is 11.8 Å². The van der Waals surface area contributed by atoms with Crippen molar-refractivity contribution in [1.29, 1.82) is 0 Å².